The highest BCUT2D eigenvalue weighted by Crippen LogP contribution is 2.39. The van der Waals surface area contributed by atoms with Crippen molar-refractivity contribution < 1.29 is 18.1 Å². The first-order valence-electron chi connectivity index (χ1n) is 4.33. The van der Waals surface area contributed by atoms with Gasteiger partial charge >= 0.3 is 6.18 Å². The molecule has 1 unspecified atom stereocenters. The predicted octanol–water partition coefficient (Wildman–Crippen LogP) is 4.67. The van der Waals surface area contributed by atoms with Gasteiger partial charge in [-0.05, 0) is 41.1 Å². The van der Waals surface area contributed by atoms with E-state index in [1.807, 2.05) is 0 Å². The Bertz CT molecular complexity index is 462. The topological polar surface area (TPSA) is 43.1 Å². The van der Waals surface area contributed by atoms with Crippen LogP contribution < -0.4 is 0 Å². The molecule has 0 saturated carbocycles. The average molecular weight is 424 g/mol. The van der Waals surface area contributed by atoms with Gasteiger partial charge in [0.1, 0.15) is 0 Å². The number of rotatable bonds is 2. The molecule has 0 heterocycles. The second-order valence-electron chi connectivity index (χ2n) is 3.27. The average Bonchev–Trinajstić information content (AvgIpc) is 2.14. The van der Waals surface area contributed by atoms with Crippen LogP contribution in [0.15, 0.2) is 12.1 Å². The summed E-state index contributed by atoms with van der Waals surface area (Å²) < 4.78 is 37.9. The molecule has 8 heteroatoms. The molecular weight excluding hydrogens is 418 g/mol. The molecule has 0 N–H and O–H groups in total. The van der Waals surface area contributed by atoms with E-state index in [0.29, 0.717) is 6.07 Å². The third-order valence-electron chi connectivity index (χ3n) is 2.03. The molecule has 17 heavy (non-hydrogen) atoms. The molecule has 3 nitrogen and oxygen atoms in total. The van der Waals surface area contributed by atoms with Gasteiger partial charge in [-0.3, -0.25) is 10.1 Å². The van der Waals surface area contributed by atoms with Crippen LogP contribution >= 0.6 is 38.5 Å². The van der Waals surface area contributed by atoms with Crippen molar-refractivity contribution in [1.82, 2.24) is 0 Å². The number of nitro benzene ring substituents is 1. The molecule has 0 aliphatic heterocycles. The summed E-state index contributed by atoms with van der Waals surface area (Å²) in [5.74, 6) is 0. The van der Waals surface area contributed by atoms with Gasteiger partial charge in [-0.1, -0.05) is 15.9 Å². The summed E-state index contributed by atoms with van der Waals surface area (Å²) in [4.78, 5) is 9.49. The maximum atomic E-state index is 12.6. The van der Waals surface area contributed by atoms with Crippen LogP contribution in [-0.2, 0) is 6.18 Å². The minimum absolute atomic E-state index is 0.213. The van der Waals surface area contributed by atoms with Gasteiger partial charge in [0.2, 0.25) is 0 Å². The lowest BCUT2D eigenvalue weighted by molar-refractivity contribution is -0.386. The molecule has 0 saturated heterocycles. The monoisotopic (exact) mass is 423 g/mol. The molecule has 1 aromatic rings. The van der Waals surface area contributed by atoms with E-state index in [-0.39, 0.29) is 9.13 Å². The molecule has 0 radical (unpaired) electrons. The molecule has 1 rings (SSSR count). The minimum atomic E-state index is -4.59. The molecule has 0 fully saturated rings. The number of alkyl halides is 4. The van der Waals surface area contributed by atoms with E-state index in [0.717, 1.165) is 6.07 Å². The second kappa shape index (κ2) is 5.09. The standard InChI is InChI=1S/C9H6BrF3INO2/c1-4(10)6-2-5(9(11,12)13)3-7(8(6)14)15(16)17/h2-4H,1H3. The Hall–Kier alpha value is -0.380. The van der Waals surface area contributed by atoms with Crippen molar-refractivity contribution in [2.75, 3.05) is 0 Å². The molecule has 1 atom stereocenters. The lowest BCUT2D eigenvalue weighted by Gasteiger charge is -2.12. The molecular formula is C9H6BrF3INO2. The van der Waals surface area contributed by atoms with E-state index in [2.05, 4.69) is 15.9 Å². The van der Waals surface area contributed by atoms with E-state index < -0.39 is 27.2 Å². The Balaban J connectivity index is 3.53. The molecule has 0 spiro atoms. The fourth-order valence-electron chi connectivity index (χ4n) is 1.22. The normalized spacial score (nSPS) is 13.5. The second-order valence-corrected chi connectivity index (χ2v) is 5.72. The Morgan fingerprint density at radius 3 is 2.35 bits per heavy atom. The summed E-state index contributed by atoms with van der Waals surface area (Å²) >= 11 is 4.80. The summed E-state index contributed by atoms with van der Waals surface area (Å²) in [6, 6.07) is 1.48. The summed E-state index contributed by atoms with van der Waals surface area (Å²) in [6.45, 7) is 1.61. The van der Waals surface area contributed by atoms with Crippen LogP contribution in [-0.4, -0.2) is 4.92 Å². The SMILES string of the molecule is CC(Br)c1cc(C(F)(F)F)cc([N+](=O)[O-])c1I. The maximum Gasteiger partial charge on any atom is 0.416 e. The number of nitro groups is 1. The summed E-state index contributed by atoms with van der Waals surface area (Å²) in [7, 11) is 0. The van der Waals surface area contributed by atoms with Crippen molar-refractivity contribution in [3.05, 3.63) is 36.9 Å². The first-order valence-corrected chi connectivity index (χ1v) is 6.33. The van der Waals surface area contributed by atoms with Crippen molar-refractivity contribution >= 4 is 44.2 Å². The zero-order valence-electron chi connectivity index (χ0n) is 8.39. The highest BCUT2D eigenvalue weighted by atomic mass is 127. The largest absolute Gasteiger partial charge is 0.416 e. The number of hydrogen-bond acceptors (Lipinski definition) is 2. The first kappa shape index (κ1) is 14.7. The first-order chi connectivity index (χ1) is 7.64. The quantitative estimate of drug-likeness (QED) is 0.300. The lowest BCUT2D eigenvalue weighted by Crippen LogP contribution is -2.08. The van der Waals surface area contributed by atoms with E-state index in [9.17, 15) is 23.3 Å². The summed E-state index contributed by atoms with van der Waals surface area (Å²) in [5.41, 5.74) is -1.28. The predicted molar refractivity (Wildman–Crippen MR) is 68.2 cm³/mol. The Morgan fingerprint density at radius 1 is 1.47 bits per heavy atom. The highest BCUT2D eigenvalue weighted by Gasteiger charge is 2.34. The maximum absolute atomic E-state index is 12.6. The summed E-state index contributed by atoms with van der Waals surface area (Å²) in [5, 5.41) is 10.7. The lowest BCUT2D eigenvalue weighted by atomic mass is 10.1. The van der Waals surface area contributed by atoms with Crippen LogP contribution in [0, 0.1) is 13.7 Å². The van der Waals surface area contributed by atoms with Gasteiger partial charge in [0.05, 0.1) is 14.1 Å². The minimum Gasteiger partial charge on any atom is -0.258 e. The van der Waals surface area contributed by atoms with Crippen LogP contribution in [0.25, 0.3) is 0 Å². The van der Waals surface area contributed by atoms with Gasteiger partial charge < -0.3 is 0 Å². The van der Waals surface area contributed by atoms with Crippen LogP contribution in [0.5, 0.6) is 0 Å². The van der Waals surface area contributed by atoms with E-state index in [1.54, 1.807) is 29.5 Å². The molecule has 0 amide bonds. The van der Waals surface area contributed by atoms with Crippen LogP contribution in [0.3, 0.4) is 0 Å². The van der Waals surface area contributed by atoms with Crippen molar-refractivity contribution in [1.29, 1.82) is 0 Å². The molecule has 94 valence electrons. The zero-order valence-corrected chi connectivity index (χ0v) is 12.1. The fourth-order valence-corrected chi connectivity index (χ4v) is 2.98. The molecule has 0 aliphatic carbocycles. The van der Waals surface area contributed by atoms with Gasteiger partial charge in [0.15, 0.2) is 0 Å². The van der Waals surface area contributed by atoms with Gasteiger partial charge in [-0.15, -0.1) is 0 Å². The molecule has 0 aromatic heterocycles. The Morgan fingerprint density at radius 2 is 2.00 bits per heavy atom. The number of benzene rings is 1. The Labute approximate surface area is 117 Å². The third kappa shape index (κ3) is 3.30. The van der Waals surface area contributed by atoms with E-state index >= 15 is 0 Å². The van der Waals surface area contributed by atoms with Gasteiger partial charge in [-0.25, -0.2) is 0 Å². The number of halogens is 5. The van der Waals surface area contributed by atoms with Crippen LogP contribution in [0.1, 0.15) is 22.9 Å². The van der Waals surface area contributed by atoms with Gasteiger partial charge in [0, 0.05) is 10.9 Å². The van der Waals surface area contributed by atoms with Crippen molar-refractivity contribution in [2.24, 2.45) is 0 Å². The number of hydrogen-bond donors (Lipinski definition) is 0. The van der Waals surface area contributed by atoms with Crippen molar-refractivity contribution in [2.45, 2.75) is 17.9 Å². The third-order valence-corrected chi connectivity index (χ3v) is 3.70. The smallest absolute Gasteiger partial charge is 0.258 e. The number of nitrogens with zero attached hydrogens (tertiary/aromatic N) is 1. The molecule has 0 bridgehead atoms. The molecule has 0 aliphatic rings. The zero-order chi connectivity index (χ0) is 13.4. The van der Waals surface area contributed by atoms with Crippen molar-refractivity contribution in [3.8, 4) is 0 Å². The van der Waals surface area contributed by atoms with Crippen molar-refractivity contribution in [3.63, 3.8) is 0 Å². The fraction of sp³-hybridized carbons (Fsp3) is 0.333. The van der Waals surface area contributed by atoms with Crippen LogP contribution in [0.2, 0.25) is 0 Å². The molecule has 1 aromatic carbocycles. The van der Waals surface area contributed by atoms with Crippen LogP contribution in [0.4, 0.5) is 18.9 Å². The summed E-state index contributed by atoms with van der Waals surface area (Å²) in [6.07, 6.45) is -4.59. The van der Waals surface area contributed by atoms with Gasteiger partial charge in [-0.2, -0.15) is 13.2 Å². The Kier molecular flexibility index (Phi) is 4.39. The highest BCUT2D eigenvalue weighted by molar-refractivity contribution is 14.1. The van der Waals surface area contributed by atoms with E-state index in [1.165, 1.54) is 0 Å². The van der Waals surface area contributed by atoms with E-state index in [4.69, 9.17) is 0 Å². The van der Waals surface area contributed by atoms with Gasteiger partial charge in [0.25, 0.3) is 5.69 Å².